The fraction of sp³-hybridized carbons (Fsp3) is 0.375. The van der Waals surface area contributed by atoms with Crippen LogP contribution in [0, 0.1) is 5.92 Å². The van der Waals surface area contributed by atoms with Gasteiger partial charge in [0.15, 0.2) is 0 Å². The van der Waals surface area contributed by atoms with Gasteiger partial charge in [-0.2, -0.15) is 0 Å². The molecule has 1 fully saturated rings. The second kappa shape index (κ2) is 11.1. The van der Waals surface area contributed by atoms with Crippen LogP contribution in [0.25, 0.3) is 6.08 Å². The first-order chi connectivity index (χ1) is 14.6. The van der Waals surface area contributed by atoms with Crippen LogP contribution in [0.2, 0.25) is 0 Å². The number of piperidine rings is 1. The number of nitrogens with two attached hydrogens (primary N) is 1. The highest BCUT2D eigenvalue weighted by atomic mass is 16.2. The van der Waals surface area contributed by atoms with Crippen molar-refractivity contribution in [3.8, 4) is 0 Å². The summed E-state index contributed by atoms with van der Waals surface area (Å²) in [5.41, 5.74) is 7.99. The second-order valence-corrected chi connectivity index (χ2v) is 7.73. The van der Waals surface area contributed by atoms with Crippen LogP contribution < -0.4 is 11.1 Å². The number of anilines is 1. The van der Waals surface area contributed by atoms with Gasteiger partial charge >= 0.3 is 0 Å². The van der Waals surface area contributed by atoms with Crippen LogP contribution in [-0.4, -0.2) is 41.3 Å². The van der Waals surface area contributed by atoms with Gasteiger partial charge in [0.2, 0.25) is 5.91 Å². The number of hydrogen-bond donors (Lipinski definition) is 2. The van der Waals surface area contributed by atoms with Gasteiger partial charge in [0, 0.05) is 43.8 Å². The van der Waals surface area contributed by atoms with Gasteiger partial charge in [0.05, 0.1) is 5.56 Å². The van der Waals surface area contributed by atoms with Gasteiger partial charge in [0.25, 0.3) is 5.91 Å². The SMILES string of the molecule is Nc1ccccc1C(=O)N1CCC(CCCCNC(=O)/C=C/c2cccnc2)CC1. The highest BCUT2D eigenvalue weighted by Gasteiger charge is 2.24. The topological polar surface area (TPSA) is 88.3 Å². The van der Waals surface area contributed by atoms with Crippen molar-refractivity contribution in [3.63, 3.8) is 0 Å². The smallest absolute Gasteiger partial charge is 0.255 e. The Balaban J connectivity index is 1.29. The average molecular weight is 407 g/mol. The van der Waals surface area contributed by atoms with Gasteiger partial charge in [-0.3, -0.25) is 14.6 Å². The number of benzene rings is 1. The standard InChI is InChI=1S/C24H30N4O2/c25-22-9-2-1-8-21(22)24(30)28-16-12-19(13-17-28)6-3-4-15-27-23(29)11-10-20-7-5-14-26-18-20/h1-2,5,7-11,14,18-19H,3-4,6,12-13,15-17,25H2,(H,27,29)/b11-10+. The molecule has 2 aromatic rings. The molecule has 30 heavy (non-hydrogen) atoms. The fourth-order valence-electron chi connectivity index (χ4n) is 3.76. The highest BCUT2D eigenvalue weighted by molar-refractivity contribution is 5.99. The number of rotatable bonds is 8. The molecule has 3 N–H and O–H groups in total. The molecule has 0 spiro atoms. The van der Waals surface area contributed by atoms with E-state index in [-0.39, 0.29) is 11.8 Å². The van der Waals surface area contributed by atoms with E-state index in [1.807, 2.05) is 29.2 Å². The van der Waals surface area contributed by atoms with E-state index in [1.54, 1.807) is 36.7 Å². The van der Waals surface area contributed by atoms with Crippen molar-refractivity contribution in [3.05, 3.63) is 66.0 Å². The van der Waals surface area contributed by atoms with Crippen molar-refractivity contribution in [2.75, 3.05) is 25.4 Å². The Hall–Kier alpha value is -3.15. The molecule has 158 valence electrons. The van der Waals surface area contributed by atoms with Gasteiger partial charge in [0.1, 0.15) is 0 Å². The Bertz CT molecular complexity index is 859. The molecule has 2 amide bonds. The maximum Gasteiger partial charge on any atom is 0.255 e. The number of amides is 2. The third-order valence-corrected chi connectivity index (χ3v) is 5.54. The summed E-state index contributed by atoms with van der Waals surface area (Å²) >= 11 is 0. The Labute approximate surface area is 178 Å². The van der Waals surface area contributed by atoms with E-state index < -0.39 is 0 Å². The second-order valence-electron chi connectivity index (χ2n) is 7.73. The third-order valence-electron chi connectivity index (χ3n) is 5.54. The predicted molar refractivity (Wildman–Crippen MR) is 120 cm³/mol. The molecule has 1 saturated heterocycles. The van der Waals surface area contributed by atoms with Gasteiger partial charge in [-0.05, 0) is 55.0 Å². The highest BCUT2D eigenvalue weighted by Crippen LogP contribution is 2.24. The minimum atomic E-state index is -0.0779. The number of nitrogens with zero attached hydrogens (tertiary/aromatic N) is 2. The summed E-state index contributed by atoms with van der Waals surface area (Å²) in [6.45, 7) is 2.25. The third kappa shape index (κ3) is 6.44. The molecular weight excluding hydrogens is 376 g/mol. The number of para-hydroxylation sites is 1. The Morgan fingerprint density at radius 3 is 2.67 bits per heavy atom. The summed E-state index contributed by atoms with van der Waals surface area (Å²) < 4.78 is 0. The lowest BCUT2D eigenvalue weighted by Crippen LogP contribution is -2.38. The molecule has 2 heterocycles. The average Bonchev–Trinajstić information content (AvgIpc) is 2.78. The van der Waals surface area contributed by atoms with Gasteiger partial charge in [-0.15, -0.1) is 0 Å². The number of carbonyl (C=O) groups excluding carboxylic acids is 2. The van der Waals surface area contributed by atoms with Crippen molar-refractivity contribution >= 4 is 23.6 Å². The van der Waals surface area contributed by atoms with E-state index in [1.165, 1.54) is 0 Å². The molecular formula is C24H30N4O2. The number of carbonyl (C=O) groups is 2. The van der Waals surface area contributed by atoms with E-state index in [0.29, 0.717) is 23.7 Å². The van der Waals surface area contributed by atoms with Gasteiger partial charge < -0.3 is 16.0 Å². The van der Waals surface area contributed by atoms with Crippen molar-refractivity contribution < 1.29 is 9.59 Å². The molecule has 0 atom stereocenters. The van der Waals surface area contributed by atoms with Crippen LogP contribution in [0.15, 0.2) is 54.9 Å². The fourth-order valence-corrected chi connectivity index (χ4v) is 3.76. The number of hydrogen-bond acceptors (Lipinski definition) is 4. The molecule has 1 aliphatic heterocycles. The lowest BCUT2D eigenvalue weighted by molar-refractivity contribution is -0.116. The Kier molecular flexibility index (Phi) is 8.01. The number of nitrogen functional groups attached to an aromatic ring is 1. The molecule has 1 aromatic carbocycles. The molecule has 0 saturated carbocycles. The number of aromatic nitrogens is 1. The number of nitrogens with one attached hydrogen (secondary N) is 1. The summed E-state index contributed by atoms with van der Waals surface area (Å²) in [6, 6.07) is 11.0. The van der Waals surface area contributed by atoms with E-state index in [4.69, 9.17) is 5.73 Å². The van der Waals surface area contributed by atoms with Crippen molar-refractivity contribution in [1.82, 2.24) is 15.2 Å². The summed E-state index contributed by atoms with van der Waals surface area (Å²) in [5.74, 6) is 0.600. The molecule has 0 unspecified atom stereocenters. The van der Waals surface area contributed by atoms with Crippen LogP contribution in [0.1, 0.15) is 48.0 Å². The van der Waals surface area contributed by atoms with E-state index in [9.17, 15) is 9.59 Å². The summed E-state index contributed by atoms with van der Waals surface area (Å²) in [5, 5.41) is 2.93. The van der Waals surface area contributed by atoms with E-state index in [2.05, 4.69) is 10.3 Å². The predicted octanol–water partition coefficient (Wildman–Crippen LogP) is 3.52. The monoisotopic (exact) mass is 406 g/mol. The first-order valence-corrected chi connectivity index (χ1v) is 10.6. The van der Waals surface area contributed by atoms with E-state index in [0.717, 1.165) is 50.8 Å². The zero-order valence-corrected chi connectivity index (χ0v) is 17.3. The van der Waals surface area contributed by atoms with Crippen molar-refractivity contribution in [2.24, 2.45) is 5.92 Å². The van der Waals surface area contributed by atoms with Gasteiger partial charge in [-0.1, -0.05) is 31.0 Å². The molecule has 1 aromatic heterocycles. The van der Waals surface area contributed by atoms with Crippen molar-refractivity contribution in [1.29, 1.82) is 0 Å². The molecule has 6 nitrogen and oxygen atoms in total. The summed E-state index contributed by atoms with van der Waals surface area (Å²) in [4.78, 5) is 30.4. The van der Waals surface area contributed by atoms with Crippen molar-refractivity contribution in [2.45, 2.75) is 32.1 Å². The zero-order chi connectivity index (χ0) is 21.2. The van der Waals surface area contributed by atoms with Crippen LogP contribution in [-0.2, 0) is 4.79 Å². The molecule has 3 rings (SSSR count). The molecule has 0 radical (unpaired) electrons. The summed E-state index contributed by atoms with van der Waals surface area (Å²) in [6.07, 6.45) is 12.0. The summed E-state index contributed by atoms with van der Waals surface area (Å²) in [7, 11) is 0. The minimum Gasteiger partial charge on any atom is -0.398 e. The Morgan fingerprint density at radius 1 is 1.13 bits per heavy atom. The first kappa shape index (κ1) is 21.6. The maximum absolute atomic E-state index is 12.6. The zero-order valence-electron chi connectivity index (χ0n) is 17.3. The normalized spacial score (nSPS) is 14.7. The number of pyridine rings is 1. The molecule has 0 bridgehead atoms. The quantitative estimate of drug-likeness (QED) is 0.399. The van der Waals surface area contributed by atoms with E-state index >= 15 is 0 Å². The molecule has 6 heteroatoms. The Morgan fingerprint density at radius 2 is 1.93 bits per heavy atom. The largest absolute Gasteiger partial charge is 0.398 e. The number of unbranched alkanes of at least 4 members (excludes halogenated alkanes) is 1. The van der Waals surface area contributed by atoms with Gasteiger partial charge in [-0.25, -0.2) is 0 Å². The lowest BCUT2D eigenvalue weighted by Gasteiger charge is -2.32. The lowest BCUT2D eigenvalue weighted by atomic mass is 9.91. The first-order valence-electron chi connectivity index (χ1n) is 10.6. The molecule has 0 aliphatic carbocycles. The van der Waals surface area contributed by atoms with Crippen LogP contribution in [0.3, 0.4) is 0 Å². The van der Waals surface area contributed by atoms with Crippen LogP contribution in [0.5, 0.6) is 0 Å². The minimum absolute atomic E-state index is 0.0357. The van der Waals surface area contributed by atoms with Crippen LogP contribution >= 0.6 is 0 Å². The number of likely N-dealkylation sites (tertiary alicyclic amines) is 1. The maximum atomic E-state index is 12.6. The molecule has 1 aliphatic rings. The van der Waals surface area contributed by atoms with Crippen LogP contribution in [0.4, 0.5) is 5.69 Å².